The first-order valence-corrected chi connectivity index (χ1v) is 8.69. The Morgan fingerprint density at radius 1 is 1.24 bits per heavy atom. The third-order valence-corrected chi connectivity index (χ3v) is 4.51. The third-order valence-electron chi connectivity index (χ3n) is 4.51. The molecule has 25 heavy (non-hydrogen) atoms. The Kier molecular flexibility index (Phi) is 6.05. The van der Waals surface area contributed by atoms with Crippen molar-refractivity contribution in [3.8, 4) is 0 Å². The molecule has 0 aliphatic carbocycles. The van der Waals surface area contributed by atoms with E-state index in [1.165, 1.54) is 18.5 Å². The Balaban J connectivity index is 1.51. The zero-order valence-corrected chi connectivity index (χ0v) is 14.1. The maximum Gasteiger partial charge on any atom is 0.220 e. The zero-order chi connectivity index (χ0) is 17.5. The molecule has 2 heterocycles. The average Bonchev–Trinajstić information content (AvgIpc) is 3.30. The van der Waals surface area contributed by atoms with Crippen LogP contribution in [0.4, 0.5) is 4.39 Å². The lowest BCUT2D eigenvalue weighted by molar-refractivity contribution is -0.121. The Hall–Kier alpha value is -2.35. The van der Waals surface area contributed by atoms with E-state index >= 15 is 0 Å². The Morgan fingerprint density at radius 3 is 2.68 bits per heavy atom. The molecule has 1 aliphatic rings. The molecular weight excluding hydrogens is 323 g/mol. The van der Waals surface area contributed by atoms with Gasteiger partial charge in [0.15, 0.2) is 0 Å². The zero-order valence-electron chi connectivity index (χ0n) is 14.1. The number of nitrogens with one attached hydrogen (secondary N) is 1. The fraction of sp³-hybridized carbons (Fsp3) is 0.529. The lowest BCUT2D eigenvalue weighted by Crippen LogP contribution is -2.36. The predicted octanol–water partition coefficient (Wildman–Crippen LogP) is 1.55. The molecule has 134 valence electrons. The van der Waals surface area contributed by atoms with Crippen LogP contribution in [0.1, 0.15) is 37.3 Å². The number of amides is 1. The number of rotatable bonds is 8. The first-order valence-electron chi connectivity index (χ1n) is 8.69. The van der Waals surface area contributed by atoms with E-state index in [-0.39, 0.29) is 17.8 Å². The second kappa shape index (κ2) is 8.66. The Morgan fingerprint density at radius 2 is 2.00 bits per heavy atom. The second-order valence-corrected chi connectivity index (χ2v) is 6.29. The summed E-state index contributed by atoms with van der Waals surface area (Å²) in [6.45, 7) is 3.18. The van der Waals surface area contributed by atoms with Crippen molar-refractivity contribution in [1.82, 2.24) is 30.4 Å². The van der Waals surface area contributed by atoms with Crippen molar-refractivity contribution in [2.45, 2.75) is 38.3 Å². The quantitative estimate of drug-likeness (QED) is 0.785. The maximum absolute atomic E-state index is 13.2. The number of aryl methyl sites for hydroxylation is 1. The number of benzene rings is 1. The minimum Gasteiger partial charge on any atom is -0.354 e. The predicted molar refractivity (Wildman–Crippen MR) is 90.0 cm³/mol. The Labute approximate surface area is 146 Å². The van der Waals surface area contributed by atoms with Gasteiger partial charge in [0.05, 0.1) is 6.04 Å². The molecule has 7 nitrogen and oxygen atoms in total. The fourth-order valence-corrected chi connectivity index (χ4v) is 3.18. The molecule has 0 saturated carbocycles. The van der Waals surface area contributed by atoms with Crippen molar-refractivity contribution < 1.29 is 9.18 Å². The van der Waals surface area contributed by atoms with Crippen molar-refractivity contribution >= 4 is 5.91 Å². The van der Waals surface area contributed by atoms with Crippen LogP contribution in [0.25, 0.3) is 0 Å². The Bertz CT molecular complexity index is 654. The van der Waals surface area contributed by atoms with Crippen LogP contribution in [-0.2, 0) is 11.3 Å². The smallest absolute Gasteiger partial charge is 0.220 e. The van der Waals surface area contributed by atoms with Crippen LogP contribution in [0.5, 0.6) is 0 Å². The summed E-state index contributed by atoms with van der Waals surface area (Å²) in [5.41, 5.74) is 1.04. The van der Waals surface area contributed by atoms with E-state index in [2.05, 4.69) is 25.7 Å². The van der Waals surface area contributed by atoms with Gasteiger partial charge in [0.25, 0.3) is 0 Å². The van der Waals surface area contributed by atoms with E-state index in [1.54, 1.807) is 4.68 Å². The summed E-state index contributed by atoms with van der Waals surface area (Å²) in [5, 5.41) is 13.9. The molecule has 0 radical (unpaired) electrons. The summed E-state index contributed by atoms with van der Waals surface area (Å²) >= 11 is 0. The number of nitrogens with zero attached hydrogens (tertiary/aromatic N) is 5. The van der Waals surface area contributed by atoms with Crippen molar-refractivity contribution in [2.24, 2.45) is 0 Å². The largest absolute Gasteiger partial charge is 0.354 e. The number of hydrogen-bond donors (Lipinski definition) is 1. The van der Waals surface area contributed by atoms with E-state index in [0.717, 1.165) is 31.5 Å². The standard InChI is InChI=1S/C17H23FN6O/c18-15-7-5-14(6-8-15)16(23-9-1-2-10-23)12-19-17(25)4-3-11-24-13-20-21-22-24/h5-8,13,16H,1-4,9-12H2,(H,19,25)/t16-/m0/s1. The first kappa shape index (κ1) is 17.5. The molecule has 0 bridgehead atoms. The third kappa shape index (κ3) is 5.06. The van der Waals surface area contributed by atoms with Gasteiger partial charge in [-0.2, -0.15) is 0 Å². The number of aromatic nitrogens is 4. The average molecular weight is 346 g/mol. The van der Waals surface area contributed by atoms with Gasteiger partial charge in [-0.05, 0) is 60.5 Å². The van der Waals surface area contributed by atoms with Crippen molar-refractivity contribution in [3.05, 3.63) is 42.0 Å². The minimum atomic E-state index is -0.240. The minimum absolute atomic E-state index is 0.0133. The highest BCUT2D eigenvalue weighted by Gasteiger charge is 2.23. The van der Waals surface area contributed by atoms with Gasteiger partial charge in [0, 0.05) is 19.5 Å². The normalized spacial score (nSPS) is 16.0. The van der Waals surface area contributed by atoms with Crippen molar-refractivity contribution in [2.75, 3.05) is 19.6 Å². The molecule has 3 rings (SSSR count). The van der Waals surface area contributed by atoms with Crippen molar-refractivity contribution in [3.63, 3.8) is 0 Å². The number of hydrogen-bond acceptors (Lipinski definition) is 5. The van der Waals surface area contributed by atoms with Crippen LogP contribution in [-0.4, -0.2) is 50.6 Å². The summed E-state index contributed by atoms with van der Waals surface area (Å²) in [5.74, 6) is -0.227. The molecule has 1 saturated heterocycles. The van der Waals surface area contributed by atoms with Gasteiger partial charge < -0.3 is 5.32 Å². The van der Waals surface area contributed by atoms with Crippen LogP contribution in [0, 0.1) is 5.82 Å². The van der Waals surface area contributed by atoms with Gasteiger partial charge in [0.2, 0.25) is 5.91 Å². The maximum atomic E-state index is 13.2. The van der Waals surface area contributed by atoms with Gasteiger partial charge >= 0.3 is 0 Å². The summed E-state index contributed by atoms with van der Waals surface area (Å²) in [6.07, 6.45) is 4.98. The molecule has 1 aromatic heterocycles. The van der Waals surface area contributed by atoms with Gasteiger partial charge in [-0.25, -0.2) is 9.07 Å². The van der Waals surface area contributed by atoms with Gasteiger partial charge in [-0.1, -0.05) is 12.1 Å². The van der Waals surface area contributed by atoms with Crippen LogP contribution in [0.15, 0.2) is 30.6 Å². The van der Waals surface area contributed by atoms with Gasteiger partial charge in [0.1, 0.15) is 12.1 Å². The summed E-state index contributed by atoms with van der Waals surface area (Å²) in [4.78, 5) is 14.5. The highest BCUT2D eigenvalue weighted by Crippen LogP contribution is 2.24. The molecule has 1 atom stereocenters. The molecule has 1 aliphatic heterocycles. The molecule has 1 fully saturated rings. The molecule has 0 unspecified atom stereocenters. The lowest BCUT2D eigenvalue weighted by Gasteiger charge is -2.28. The van der Waals surface area contributed by atoms with Gasteiger partial charge in [-0.15, -0.1) is 5.10 Å². The highest BCUT2D eigenvalue weighted by molar-refractivity contribution is 5.75. The van der Waals surface area contributed by atoms with Crippen LogP contribution < -0.4 is 5.32 Å². The first-order chi connectivity index (χ1) is 12.2. The number of tetrazole rings is 1. The van der Waals surface area contributed by atoms with Crippen molar-refractivity contribution in [1.29, 1.82) is 0 Å². The van der Waals surface area contributed by atoms with E-state index in [1.807, 2.05) is 12.1 Å². The van der Waals surface area contributed by atoms with E-state index < -0.39 is 0 Å². The molecule has 1 N–H and O–H groups in total. The second-order valence-electron chi connectivity index (χ2n) is 6.29. The topological polar surface area (TPSA) is 75.9 Å². The molecule has 1 aromatic carbocycles. The van der Waals surface area contributed by atoms with Gasteiger partial charge in [-0.3, -0.25) is 9.69 Å². The molecule has 0 spiro atoms. The van der Waals surface area contributed by atoms with E-state index in [4.69, 9.17) is 0 Å². The van der Waals surface area contributed by atoms with E-state index in [0.29, 0.717) is 25.9 Å². The molecule has 2 aromatic rings. The molecule has 1 amide bonds. The summed E-state index contributed by atoms with van der Waals surface area (Å²) in [7, 11) is 0. The number of likely N-dealkylation sites (tertiary alicyclic amines) is 1. The lowest BCUT2D eigenvalue weighted by atomic mass is 10.1. The number of carbonyl (C=O) groups is 1. The number of halogens is 1. The van der Waals surface area contributed by atoms with E-state index in [9.17, 15) is 9.18 Å². The van der Waals surface area contributed by atoms with Crippen LogP contribution in [0.2, 0.25) is 0 Å². The summed E-state index contributed by atoms with van der Waals surface area (Å²) < 4.78 is 14.8. The SMILES string of the molecule is O=C(CCCn1cnnn1)NC[C@@H](c1ccc(F)cc1)N1CCCC1. The summed E-state index contributed by atoms with van der Waals surface area (Å²) in [6, 6.07) is 6.66. The van der Waals surface area contributed by atoms with Crippen LogP contribution >= 0.6 is 0 Å². The fourth-order valence-electron chi connectivity index (χ4n) is 3.18. The molecular formula is C17H23FN6O. The molecule has 8 heteroatoms. The highest BCUT2D eigenvalue weighted by atomic mass is 19.1. The number of carbonyl (C=O) groups excluding carboxylic acids is 1. The van der Waals surface area contributed by atoms with Crippen LogP contribution in [0.3, 0.4) is 0 Å². The monoisotopic (exact) mass is 346 g/mol.